The number of rotatable bonds is 10. The van der Waals surface area contributed by atoms with Gasteiger partial charge in [0, 0.05) is 13.1 Å². The Labute approximate surface area is 204 Å². The lowest BCUT2D eigenvalue weighted by molar-refractivity contribution is -0.129. The van der Waals surface area contributed by atoms with Crippen LogP contribution in [0.1, 0.15) is 27.7 Å². The first-order chi connectivity index (χ1) is 16.9. The van der Waals surface area contributed by atoms with Crippen molar-refractivity contribution in [2.24, 2.45) is 0 Å². The van der Waals surface area contributed by atoms with Gasteiger partial charge in [0.25, 0.3) is 5.91 Å². The minimum absolute atomic E-state index is 0.0243. The fourth-order valence-electron chi connectivity index (χ4n) is 4.02. The summed E-state index contributed by atoms with van der Waals surface area (Å²) < 4.78 is 16.8. The van der Waals surface area contributed by atoms with Gasteiger partial charge < -0.3 is 28.8 Å². The summed E-state index contributed by atoms with van der Waals surface area (Å²) in [5.41, 5.74) is 1.60. The Morgan fingerprint density at radius 3 is 2.51 bits per heavy atom. The van der Waals surface area contributed by atoms with Crippen LogP contribution in [0.15, 0.2) is 82.7 Å². The molecule has 0 spiro atoms. The number of ether oxygens (including phenoxy) is 2. The first-order valence-electron chi connectivity index (χ1n) is 11.2. The summed E-state index contributed by atoms with van der Waals surface area (Å²) in [6, 6.07) is 17.3. The summed E-state index contributed by atoms with van der Waals surface area (Å²) in [6.07, 6.45) is 1.38. The van der Waals surface area contributed by atoms with Crippen LogP contribution in [-0.4, -0.2) is 60.9 Å². The van der Waals surface area contributed by atoms with E-state index < -0.39 is 23.5 Å². The number of carbonyl (C=O) groups is 2. The number of aliphatic hydroxyl groups is 1. The maximum Gasteiger partial charge on any atom is 0.290 e. The average Bonchev–Trinajstić information content (AvgIpc) is 3.49. The van der Waals surface area contributed by atoms with Crippen molar-refractivity contribution in [2.45, 2.75) is 12.6 Å². The Kier molecular flexibility index (Phi) is 7.22. The quantitative estimate of drug-likeness (QED) is 0.442. The second-order valence-corrected chi connectivity index (χ2v) is 8.46. The van der Waals surface area contributed by atoms with Gasteiger partial charge in [-0.3, -0.25) is 9.59 Å². The molecule has 1 aromatic heterocycles. The number of aliphatic hydroxyl groups excluding tert-OH is 1. The predicted molar refractivity (Wildman–Crippen MR) is 129 cm³/mol. The third-order valence-electron chi connectivity index (χ3n) is 5.82. The van der Waals surface area contributed by atoms with Crippen molar-refractivity contribution in [3.8, 4) is 11.5 Å². The van der Waals surface area contributed by atoms with Crippen LogP contribution in [0.2, 0.25) is 0 Å². The van der Waals surface area contributed by atoms with Gasteiger partial charge in [0.05, 0.1) is 25.0 Å². The van der Waals surface area contributed by atoms with Gasteiger partial charge >= 0.3 is 0 Å². The molecule has 2 heterocycles. The molecule has 0 fully saturated rings. The van der Waals surface area contributed by atoms with Gasteiger partial charge in [-0.15, -0.1) is 0 Å². The monoisotopic (exact) mass is 476 g/mol. The van der Waals surface area contributed by atoms with E-state index >= 15 is 0 Å². The fourth-order valence-corrected chi connectivity index (χ4v) is 4.02. The highest BCUT2D eigenvalue weighted by atomic mass is 16.5. The number of benzene rings is 2. The minimum atomic E-state index is -0.808. The second-order valence-electron chi connectivity index (χ2n) is 8.46. The lowest BCUT2D eigenvalue weighted by Gasteiger charge is -2.28. The Hall–Kier alpha value is -4.04. The van der Waals surface area contributed by atoms with Gasteiger partial charge in [-0.2, -0.15) is 0 Å². The molecule has 0 saturated carbocycles. The van der Waals surface area contributed by atoms with Gasteiger partial charge in [0.2, 0.25) is 5.78 Å². The van der Waals surface area contributed by atoms with E-state index in [2.05, 4.69) is 0 Å². The van der Waals surface area contributed by atoms with Crippen molar-refractivity contribution in [3.63, 3.8) is 0 Å². The third kappa shape index (κ3) is 5.07. The van der Waals surface area contributed by atoms with Crippen LogP contribution in [0.4, 0.5) is 0 Å². The van der Waals surface area contributed by atoms with Crippen LogP contribution in [0.3, 0.4) is 0 Å². The molecule has 182 valence electrons. The number of amides is 1. The zero-order valence-corrected chi connectivity index (χ0v) is 19.9. The molecule has 1 N–H and O–H groups in total. The van der Waals surface area contributed by atoms with E-state index in [0.29, 0.717) is 36.8 Å². The van der Waals surface area contributed by atoms with E-state index in [4.69, 9.17) is 13.9 Å². The molecule has 0 bridgehead atoms. The van der Waals surface area contributed by atoms with Crippen LogP contribution in [0.25, 0.3) is 0 Å². The Balaban J connectivity index is 1.69. The number of Topliss-reactive ketones (excluding diaryl/α,β-unsaturated/α-hetero) is 1. The number of methoxy groups -OCH3 is 1. The number of hydrogen-bond donors (Lipinski definition) is 1. The molecule has 0 radical (unpaired) electrons. The van der Waals surface area contributed by atoms with Gasteiger partial charge in [0.1, 0.15) is 6.61 Å². The van der Waals surface area contributed by atoms with Gasteiger partial charge in [-0.25, -0.2) is 0 Å². The van der Waals surface area contributed by atoms with Crippen molar-refractivity contribution < 1.29 is 28.6 Å². The Morgan fingerprint density at radius 1 is 1.09 bits per heavy atom. The average molecular weight is 477 g/mol. The van der Waals surface area contributed by atoms with Gasteiger partial charge in [0.15, 0.2) is 23.0 Å². The van der Waals surface area contributed by atoms with Crippen molar-refractivity contribution in [3.05, 3.63) is 95.1 Å². The number of furan rings is 1. The van der Waals surface area contributed by atoms with Gasteiger partial charge in [-0.05, 0) is 49.5 Å². The highest BCUT2D eigenvalue weighted by Gasteiger charge is 2.44. The standard InChI is InChI=1S/C27H28N2O6/c1-28(2)13-14-29-24(23(26(31)27(29)32)25(30)21-10-7-15-34-21)19-11-12-20(22(16-19)33-3)35-17-18-8-5-4-6-9-18/h4-12,15-16,24,31H,13-14,17H2,1-3H3/t24-/m0/s1. The molecule has 1 aliphatic rings. The molecule has 8 heteroatoms. The van der Waals surface area contributed by atoms with E-state index in [1.54, 1.807) is 24.3 Å². The zero-order chi connectivity index (χ0) is 24.9. The summed E-state index contributed by atoms with van der Waals surface area (Å²) in [7, 11) is 5.31. The lowest BCUT2D eigenvalue weighted by Crippen LogP contribution is -2.36. The summed E-state index contributed by atoms with van der Waals surface area (Å²) in [4.78, 5) is 29.7. The van der Waals surface area contributed by atoms with E-state index in [-0.39, 0.29) is 11.3 Å². The van der Waals surface area contributed by atoms with Crippen LogP contribution >= 0.6 is 0 Å². The van der Waals surface area contributed by atoms with Crippen molar-refractivity contribution in [1.82, 2.24) is 9.80 Å². The smallest absolute Gasteiger partial charge is 0.290 e. The topological polar surface area (TPSA) is 92.5 Å². The molecular weight excluding hydrogens is 448 g/mol. The molecular formula is C27H28N2O6. The molecule has 1 amide bonds. The molecule has 4 rings (SSSR count). The largest absolute Gasteiger partial charge is 0.503 e. The number of likely N-dealkylation sites (N-methyl/N-ethyl adjacent to an activating group) is 1. The molecule has 1 atom stereocenters. The number of ketones is 1. The lowest BCUT2D eigenvalue weighted by atomic mass is 9.94. The normalized spacial score (nSPS) is 15.7. The first kappa shape index (κ1) is 24.1. The van der Waals surface area contributed by atoms with E-state index in [1.807, 2.05) is 49.3 Å². The predicted octanol–water partition coefficient (Wildman–Crippen LogP) is 4.01. The number of carbonyl (C=O) groups excluding carboxylic acids is 2. The first-order valence-corrected chi connectivity index (χ1v) is 11.2. The second kappa shape index (κ2) is 10.5. The fraction of sp³-hybridized carbons (Fsp3) is 0.259. The summed E-state index contributed by atoms with van der Waals surface area (Å²) in [6.45, 7) is 1.22. The zero-order valence-electron chi connectivity index (χ0n) is 19.9. The molecule has 0 unspecified atom stereocenters. The summed E-state index contributed by atoms with van der Waals surface area (Å²) >= 11 is 0. The number of hydrogen-bond acceptors (Lipinski definition) is 7. The van der Waals surface area contributed by atoms with E-state index in [1.165, 1.54) is 24.3 Å². The highest BCUT2D eigenvalue weighted by Crippen LogP contribution is 2.41. The minimum Gasteiger partial charge on any atom is -0.503 e. The highest BCUT2D eigenvalue weighted by molar-refractivity contribution is 6.15. The van der Waals surface area contributed by atoms with Crippen LogP contribution in [0.5, 0.6) is 11.5 Å². The van der Waals surface area contributed by atoms with Crippen molar-refractivity contribution >= 4 is 11.7 Å². The SMILES string of the molecule is COc1cc([C@H]2C(C(=O)c3ccco3)=C(O)C(=O)N2CCN(C)C)ccc1OCc1ccccc1. The summed E-state index contributed by atoms with van der Waals surface area (Å²) in [5.74, 6) is -0.685. The molecule has 2 aromatic carbocycles. The Morgan fingerprint density at radius 2 is 1.86 bits per heavy atom. The van der Waals surface area contributed by atoms with Gasteiger partial charge in [-0.1, -0.05) is 36.4 Å². The molecule has 1 aliphatic heterocycles. The van der Waals surface area contributed by atoms with E-state index in [0.717, 1.165) is 5.56 Å². The number of nitrogens with zero attached hydrogens (tertiary/aromatic N) is 2. The Bertz CT molecular complexity index is 1220. The molecule has 3 aromatic rings. The molecule has 0 aliphatic carbocycles. The van der Waals surface area contributed by atoms with Crippen LogP contribution in [0, 0.1) is 0 Å². The molecule has 35 heavy (non-hydrogen) atoms. The summed E-state index contributed by atoms with van der Waals surface area (Å²) in [5, 5.41) is 10.7. The van der Waals surface area contributed by atoms with E-state index in [9.17, 15) is 14.7 Å². The van der Waals surface area contributed by atoms with Crippen molar-refractivity contribution in [1.29, 1.82) is 0 Å². The van der Waals surface area contributed by atoms with Crippen LogP contribution in [-0.2, 0) is 11.4 Å². The maximum atomic E-state index is 13.3. The maximum absolute atomic E-state index is 13.3. The van der Waals surface area contributed by atoms with Crippen molar-refractivity contribution in [2.75, 3.05) is 34.3 Å². The van der Waals surface area contributed by atoms with Crippen LogP contribution < -0.4 is 9.47 Å². The third-order valence-corrected chi connectivity index (χ3v) is 5.82. The molecule has 0 saturated heterocycles. The molecule has 8 nitrogen and oxygen atoms in total.